The van der Waals surface area contributed by atoms with Crippen LogP contribution in [0.4, 0.5) is 4.39 Å². The van der Waals surface area contributed by atoms with Crippen molar-refractivity contribution in [3.8, 4) is 0 Å². The van der Waals surface area contributed by atoms with E-state index in [0.29, 0.717) is 10.0 Å². The highest BCUT2D eigenvalue weighted by molar-refractivity contribution is 9.10. The second kappa shape index (κ2) is 6.51. The van der Waals surface area contributed by atoms with Crippen LogP contribution in [-0.4, -0.2) is 34.4 Å². The Morgan fingerprint density at radius 1 is 1.58 bits per heavy atom. The summed E-state index contributed by atoms with van der Waals surface area (Å²) in [4.78, 5) is 13.8. The molecule has 1 amide bonds. The molecule has 0 saturated heterocycles. The van der Waals surface area contributed by atoms with Crippen LogP contribution >= 0.6 is 15.9 Å². The number of amides is 1. The molecule has 1 aromatic rings. The van der Waals surface area contributed by atoms with E-state index in [9.17, 15) is 9.18 Å². The van der Waals surface area contributed by atoms with Gasteiger partial charge < -0.3 is 15.8 Å². The molecule has 104 valence electrons. The lowest BCUT2D eigenvalue weighted by Crippen LogP contribution is -2.43. The summed E-state index contributed by atoms with van der Waals surface area (Å²) in [5, 5.41) is 11.4. The lowest BCUT2D eigenvalue weighted by Gasteiger charge is -2.26. The fourth-order valence-corrected chi connectivity index (χ4v) is 2.03. The number of oxime groups is 1. The molecule has 0 aromatic heterocycles. The Bertz CT molecular complexity index is 506. The average molecular weight is 332 g/mol. The van der Waals surface area contributed by atoms with Gasteiger partial charge in [-0.2, -0.15) is 0 Å². The number of benzene rings is 1. The maximum Gasteiger partial charge on any atom is 0.255 e. The lowest BCUT2D eigenvalue weighted by molar-refractivity contribution is 0.0733. The van der Waals surface area contributed by atoms with Crippen molar-refractivity contribution < 1.29 is 14.4 Å². The van der Waals surface area contributed by atoms with E-state index in [4.69, 9.17) is 10.9 Å². The Labute approximate surface area is 119 Å². The number of carbonyl (C=O) groups excluding carboxylic acids is 1. The third-order valence-corrected chi connectivity index (χ3v) is 3.16. The van der Waals surface area contributed by atoms with Gasteiger partial charge in [-0.1, -0.05) is 5.16 Å². The van der Waals surface area contributed by atoms with Crippen molar-refractivity contribution in [1.82, 2.24) is 4.90 Å². The van der Waals surface area contributed by atoms with Gasteiger partial charge in [0.05, 0.1) is 12.1 Å². The summed E-state index contributed by atoms with van der Waals surface area (Å²) in [6, 6.07) is 3.67. The minimum atomic E-state index is -0.434. The lowest BCUT2D eigenvalue weighted by atomic mass is 10.1. The van der Waals surface area contributed by atoms with Crippen molar-refractivity contribution in [1.29, 1.82) is 0 Å². The Morgan fingerprint density at radius 3 is 2.68 bits per heavy atom. The van der Waals surface area contributed by atoms with E-state index in [1.54, 1.807) is 13.8 Å². The number of halogens is 2. The van der Waals surface area contributed by atoms with Crippen molar-refractivity contribution in [2.45, 2.75) is 19.9 Å². The molecule has 5 nitrogen and oxygen atoms in total. The van der Waals surface area contributed by atoms with Crippen LogP contribution in [0, 0.1) is 5.82 Å². The van der Waals surface area contributed by atoms with E-state index in [2.05, 4.69) is 21.1 Å². The SMILES string of the molecule is CC(C)N(CC(N)=NO)C(=O)c1ccc(F)cc1Br. The maximum absolute atomic E-state index is 13.0. The molecule has 19 heavy (non-hydrogen) atoms. The zero-order valence-electron chi connectivity index (χ0n) is 10.6. The first-order valence-corrected chi connectivity index (χ1v) is 6.38. The van der Waals surface area contributed by atoms with Gasteiger partial charge in [0.1, 0.15) is 5.82 Å². The van der Waals surface area contributed by atoms with Gasteiger partial charge in [0.2, 0.25) is 0 Å². The largest absolute Gasteiger partial charge is 0.409 e. The standard InChI is InChI=1S/C12H15BrFN3O2/c1-7(2)17(6-11(15)16-19)12(18)9-4-3-8(14)5-10(9)13/h3-5,7,19H,6H2,1-2H3,(H2,15,16). The summed E-state index contributed by atoms with van der Waals surface area (Å²) in [5.74, 6) is -0.829. The molecule has 1 aromatic carbocycles. The predicted octanol–water partition coefficient (Wildman–Crippen LogP) is 2.19. The highest BCUT2D eigenvalue weighted by atomic mass is 79.9. The zero-order chi connectivity index (χ0) is 14.6. The van der Waals surface area contributed by atoms with Gasteiger partial charge in [-0.25, -0.2) is 4.39 Å². The van der Waals surface area contributed by atoms with Crippen LogP contribution in [0.5, 0.6) is 0 Å². The number of nitrogens with two attached hydrogens (primary N) is 1. The van der Waals surface area contributed by atoms with E-state index >= 15 is 0 Å². The summed E-state index contributed by atoms with van der Waals surface area (Å²) in [6.07, 6.45) is 0. The second-order valence-electron chi connectivity index (χ2n) is 4.24. The van der Waals surface area contributed by atoms with E-state index in [1.807, 2.05) is 0 Å². The number of nitrogens with zero attached hydrogens (tertiary/aromatic N) is 2. The Kier molecular flexibility index (Phi) is 5.29. The molecule has 0 radical (unpaired) electrons. The number of hydrogen-bond donors (Lipinski definition) is 2. The van der Waals surface area contributed by atoms with Gasteiger partial charge in [-0.3, -0.25) is 4.79 Å². The van der Waals surface area contributed by atoms with Gasteiger partial charge >= 0.3 is 0 Å². The topological polar surface area (TPSA) is 78.9 Å². The Balaban J connectivity index is 3.06. The first-order valence-electron chi connectivity index (χ1n) is 5.59. The van der Waals surface area contributed by atoms with Crippen LogP contribution < -0.4 is 5.73 Å². The normalized spacial score (nSPS) is 11.7. The number of rotatable bonds is 4. The average Bonchev–Trinajstić information content (AvgIpc) is 2.34. The summed E-state index contributed by atoms with van der Waals surface area (Å²) in [5.41, 5.74) is 5.74. The van der Waals surface area contributed by atoms with Gasteiger partial charge in [-0.15, -0.1) is 0 Å². The quantitative estimate of drug-likeness (QED) is 0.384. The first kappa shape index (κ1) is 15.4. The number of carbonyl (C=O) groups is 1. The van der Waals surface area contributed by atoms with Crippen LogP contribution in [0.1, 0.15) is 24.2 Å². The molecule has 0 saturated carbocycles. The Morgan fingerprint density at radius 2 is 2.21 bits per heavy atom. The number of amidine groups is 1. The van der Waals surface area contributed by atoms with E-state index in [0.717, 1.165) is 0 Å². The van der Waals surface area contributed by atoms with Crippen LogP contribution in [0.3, 0.4) is 0 Å². The second-order valence-corrected chi connectivity index (χ2v) is 5.10. The predicted molar refractivity (Wildman–Crippen MR) is 73.7 cm³/mol. The minimum absolute atomic E-state index is 0.00316. The van der Waals surface area contributed by atoms with Crippen LogP contribution in [0.2, 0.25) is 0 Å². The maximum atomic E-state index is 13.0. The Hall–Kier alpha value is -1.63. The van der Waals surface area contributed by atoms with Crippen LogP contribution in [-0.2, 0) is 0 Å². The van der Waals surface area contributed by atoms with Gasteiger partial charge in [-0.05, 0) is 48.0 Å². The molecule has 0 atom stereocenters. The molecule has 3 N–H and O–H groups in total. The summed E-state index contributed by atoms with van der Waals surface area (Å²) < 4.78 is 13.4. The van der Waals surface area contributed by atoms with Gasteiger partial charge in [0, 0.05) is 10.5 Å². The molecular weight excluding hydrogens is 317 g/mol. The van der Waals surface area contributed by atoms with Crippen molar-refractivity contribution >= 4 is 27.7 Å². The molecule has 0 unspecified atom stereocenters. The van der Waals surface area contributed by atoms with Crippen LogP contribution in [0.15, 0.2) is 27.8 Å². The fraction of sp³-hybridized carbons (Fsp3) is 0.333. The van der Waals surface area contributed by atoms with E-state index < -0.39 is 5.82 Å². The van der Waals surface area contributed by atoms with Crippen molar-refractivity contribution in [2.75, 3.05) is 6.54 Å². The van der Waals surface area contributed by atoms with E-state index in [1.165, 1.54) is 23.1 Å². The first-order chi connectivity index (χ1) is 8.86. The smallest absolute Gasteiger partial charge is 0.255 e. The monoisotopic (exact) mass is 331 g/mol. The molecule has 0 aliphatic heterocycles. The van der Waals surface area contributed by atoms with Crippen LogP contribution in [0.25, 0.3) is 0 Å². The summed E-state index contributed by atoms with van der Waals surface area (Å²) in [7, 11) is 0. The highest BCUT2D eigenvalue weighted by Crippen LogP contribution is 2.20. The van der Waals surface area contributed by atoms with Crippen molar-refractivity contribution in [3.05, 3.63) is 34.1 Å². The van der Waals surface area contributed by atoms with Crippen molar-refractivity contribution in [2.24, 2.45) is 10.9 Å². The molecule has 0 spiro atoms. The van der Waals surface area contributed by atoms with Gasteiger partial charge in [0.25, 0.3) is 5.91 Å². The molecule has 1 rings (SSSR count). The molecule has 0 heterocycles. The molecular formula is C12H15BrFN3O2. The molecule has 0 fully saturated rings. The summed E-state index contributed by atoms with van der Waals surface area (Å²) >= 11 is 3.15. The molecule has 0 aliphatic carbocycles. The summed E-state index contributed by atoms with van der Waals surface area (Å²) in [6.45, 7) is 3.61. The van der Waals surface area contributed by atoms with E-state index in [-0.39, 0.29) is 24.3 Å². The van der Waals surface area contributed by atoms with Gasteiger partial charge in [0.15, 0.2) is 5.84 Å². The third kappa shape index (κ3) is 3.92. The molecule has 0 aliphatic rings. The fourth-order valence-electron chi connectivity index (χ4n) is 1.51. The minimum Gasteiger partial charge on any atom is -0.409 e. The highest BCUT2D eigenvalue weighted by Gasteiger charge is 2.22. The third-order valence-electron chi connectivity index (χ3n) is 2.51. The van der Waals surface area contributed by atoms with Crippen molar-refractivity contribution in [3.63, 3.8) is 0 Å². The zero-order valence-corrected chi connectivity index (χ0v) is 12.2. The number of hydrogen-bond acceptors (Lipinski definition) is 3. The molecule has 0 bridgehead atoms. The molecule has 7 heteroatoms.